The van der Waals surface area contributed by atoms with E-state index in [1.54, 1.807) is 11.9 Å². The fourth-order valence-corrected chi connectivity index (χ4v) is 8.04. The maximum Gasteiger partial charge on any atom is 0.271 e. The van der Waals surface area contributed by atoms with E-state index >= 15 is 0 Å². The molecule has 0 aliphatic carbocycles. The Morgan fingerprint density at radius 3 is 2.74 bits per heavy atom. The van der Waals surface area contributed by atoms with Gasteiger partial charge in [-0.1, -0.05) is 6.07 Å². The summed E-state index contributed by atoms with van der Waals surface area (Å²) in [6, 6.07) is 6.43. The Morgan fingerprint density at radius 1 is 1.24 bits per heavy atom. The number of nitrogens with zero attached hydrogens (tertiary/aromatic N) is 2. The number of aromatic amines is 1. The molecule has 16 heteroatoms. The van der Waals surface area contributed by atoms with Crippen molar-refractivity contribution in [1.29, 1.82) is 0 Å². The number of rotatable bonds is 10. The number of H-pyrrole nitrogens is 1. The number of fused-ring (bicyclic) bond motifs is 1. The number of piperidine rings is 1. The molecule has 0 radical (unpaired) electrons. The van der Waals surface area contributed by atoms with Gasteiger partial charge in [0.15, 0.2) is 0 Å². The molecule has 1 unspecified atom stereocenters. The summed E-state index contributed by atoms with van der Waals surface area (Å²) in [5.41, 5.74) is -0.865. The SMILES string of the molecule is CNS(=O)(=O)c1cccc(OC[C@@H](O)CN(C2COC3(CCNCC3)C2)S(=O)(=O)c2cc3c([nH]c2=O)OCCN3C)c1. The van der Waals surface area contributed by atoms with Crippen molar-refractivity contribution in [1.82, 2.24) is 19.3 Å². The second-order valence-corrected chi connectivity index (χ2v) is 14.5. The molecular weight excluding hydrogens is 590 g/mol. The number of sulfonamides is 2. The maximum atomic E-state index is 14.2. The normalized spacial score (nSPS) is 21.2. The molecule has 0 saturated carbocycles. The van der Waals surface area contributed by atoms with Gasteiger partial charge in [-0.05, 0) is 57.6 Å². The van der Waals surface area contributed by atoms with Crippen LogP contribution in [0.2, 0.25) is 0 Å². The topological polar surface area (TPSA) is 180 Å². The fraction of sp³-hybridized carbons (Fsp3) is 0.577. The summed E-state index contributed by atoms with van der Waals surface area (Å²) >= 11 is 0. The van der Waals surface area contributed by atoms with Gasteiger partial charge in [-0.15, -0.1) is 0 Å². The number of pyridine rings is 1. The molecule has 4 N–H and O–H groups in total. The highest BCUT2D eigenvalue weighted by Gasteiger charge is 2.47. The highest BCUT2D eigenvalue weighted by molar-refractivity contribution is 7.89. The van der Waals surface area contributed by atoms with Crippen LogP contribution >= 0.6 is 0 Å². The van der Waals surface area contributed by atoms with Crippen LogP contribution in [-0.4, -0.2) is 109 Å². The second-order valence-electron chi connectivity index (χ2n) is 10.8. The van der Waals surface area contributed by atoms with Crippen molar-refractivity contribution >= 4 is 25.7 Å². The predicted octanol–water partition coefficient (Wildman–Crippen LogP) is -0.547. The van der Waals surface area contributed by atoms with E-state index in [9.17, 15) is 26.7 Å². The molecule has 3 aliphatic heterocycles. The van der Waals surface area contributed by atoms with Gasteiger partial charge >= 0.3 is 0 Å². The monoisotopic (exact) mass is 627 g/mol. The van der Waals surface area contributed by atoms with Crippen LogP contribution < -0.4 is 30.0 Å². The van der Waals surface area contributed by atoms with Crippen LogP contribution in [-0.2, 0) is 24.8 Å². The summed E-state index contributed by atoms with van der Waals surface area (Å²) in [5.74, 6) is 0.389. The molecule has 232 valence electrons. The first kappa shape index (κ1) is 30.7. The van der Waals surface area contributed by atoms with Crippen molar-refractivity contribution in [3.8, 4) is 11.6 Å². The van der Waals surface area contributed by atoms with E-state index in [4.69, 9.17) is 14.2 Å². The molecule has 42 heavy (non-hydrogen) atoms. The number of hydrogen-bond acceptors (Lipinski definition) is 11. The first-order chi connectivity index (χ1) is 19.9. The van der Waals surface area contributed by atoms with Gasteiger partial charge in [-0.3, -0.25) is 9.78 Å². The molecule has 2 fully saturated rings. The third kappa shape index (κ3) is 6.29. The minimum atomic E-state index is -4.43. The molecule has 2 aromatic rings. The molecule has 3 aliphatic rings. The lowest BCUT2D eigenvalue weighted by Gasteiger charge is -2.34. The van der Waals surface area contributed by atoms with Crippen LogP contribution in [0.3, 0.4) is 0 Å². The smallest absolute Gasteiger partial charge is 0.271 e. The van der Waals surface area contributed by atoms with Crippen molar-refractivity contribution in [2.75, 3.05) is 65.0 Å². The quantitative estimate of drug-likeness (QED) is 0.266. The number of anilines is 1. The number of ether oxygens (including phenoxy) is 3. The van der Waals surface area contributed by atoms with Crippen LogP contribution in [0.25, 0.3) is 0 Å². The Bertz CT molecular complexity index is 1560. The van der Waals surface area contributed by atoms with E-state index < -0.39 is 48.2 Å². The van der Waals surface area contributed by atoms with Gasteiger partial charge in [-0.25, -0.2) is 21.6 Å². The largest absolute Gasteiger partial charge is 0.491 e. The first-order valence-electron chi connectivity index (χ1n) is 13.8. The van der Waals surface area contributed by atoms with Crippen molar-refractivity contribution in [3.05, 3.63) is 40.7 Å². The Balaban J connectivity index is 1.41. The average Bonchev–Trinajstić information content (AvgIpc) is 3.37. The van der Waals surface area contributed by atoms with Crippen LogP contribution in [0, 0.1) is 0 Å². The van der Waals surface area contributed by atoms with Gasteiger partial charge in [0.25, 0.3) is 5.56 Å². The van der Waals surface area contributed by atoms with Crippen molar-refractivity contribution in [2.24, 2.45) is 0 Å². The second kappa shape index (κ2) is 12.1. The van der Waals surface area contributed by atoms with Gasteiger partial charge in [0, 0.05) is 19.7 Å². The minimum absolute atomic E-state index is 0.0165. The molecule has 4 heterocycles. The number of nitrogens with one attached hydrogen (secondary N) is 3. The minimum Gasteiger partial charge on any atom is -0.491 e. The lowest BCUT2D eigenvalue weighted by Crippen LogP contribution is -2.48. The Morgan fingerprint density at radius 2 is 2.00 bits per heavy atom. The summed E-state index contributed by atoms with van der Waals surface area (Å²) in [4.78, 5) is 16.9. The number of benzene rings is 1. The van der Waals surface area contributed by atoms with Gasteiger partial charge in [0.05, 0.1) is 35.4 Å². The fourth-order valence-electron chi connectivity index (χ4n) is 5.58. The molecule has 0 amide bonds. The molecule has 5 rings (SSSR count). The van der Waals surface area contributed by atoms with Crippen LogP contribution in [0.5, 0.6) is 11.6 Å². The van der Waals surface area contributed by atoms with Crippen LogP contribution in [0.15, 0.2) is 44.9 Å². The van der Waals surface area contributed by atoms with Crippen LogP contribution in [0.1, 0.15) is 19.3 Å². The van der Waals surface area contributed by atoms with E-state index in [0.717, 1.165) is 30.2 Å². The van der Waals surface area contributed by atoms with Crippen LogP contribution in [0.4, 0.5) is 5.69 Å². The average molecular weight is 628 g/mol. The molecule has 2 atom stereocenters. The van der Waals surface area contributed by atoms with Gasteiger partial charge in [0.1, 0.15) is 30.0 Å². The molecule has 1 aromatic carbocycles. The number of likely N-dealkylation sites (N-methyl/N-ethyl adjacent to an activating group) is 1. The third-order valence-corrected chi connectivity index (χ3v) is 11.3. The van der Waals surface area contributed by atoms with Gasteiger partial charge in [0.2, 0.25) is 25.9 Å². The Kier molecular flexibility index (Phi) is 8.85. The Hall–Kier alpha value is -2.73. The summed E-state index contributed by atoms with van der Waals surface area (Å²) in [7, 11) is -5.07. The summed E-state index contributed by atoms with van der Waals surface area (Å²) in [6.45, 7) is 1.77. The van der Waals surface area contributed by atoms with E-state index in [1.807, 2.05) is 0 Å². The zero-order valence-electron chi connectivity index (χ0n) is 23.5. The zero-order chi connectivity index (χ0) is 30.1. The predicted molar refractivity (Wildman–Crippen MR) is 153 cm³/mol. The van der Waals surface area contributed by atoms with Crippen molar-refractivity contribution in [2.45, 2.75) is 46.8 Å². The van der Waals surface area contributed by atoms with E-state index in [1.165, 1.54) is 37.4 Å². The van der Waals surface area contributed by atoms with Gasteiger partial charge in [-0.2, -0.15) is 4.31 Å². The maximum absolute atomic E-state index is 14.2. The third-order valence-electron chi connectivity index (χ3n) is 7.95. The highest BCUT2D eigenvalue weighted by atomic mass is 32.2. The van der Waals surface area contributed by atoms with Crippen molar-refractivity contribution in [3.63, 3.8) is 0 Å². The summed E-state index contributed by atoms with van der Waals surface area (Å²) < 4.78 is 73.3. The molecule has 2 saturated heterocycles. The standard InChI is InChI=1S/C26H37N5O9S2/c1-27-41(34,35)21-5-3-4-20(12-21)39-17-19(32)15-31(18-14-26(40-16-18)6-8-28-9-7-26)42(36,37)23-13-22-25(29-24(23)33)38-11-10-30(22)2/h3-5,12-13,18-19,27-28,32H,6-11,14-17H2,1-2H3,(H,29,33)/t18?,19-/m0/s1. The molecule has 0 bridgehead atoms. The van der Waals surface area contributed by atoms with Crippen molar-refractivity contribution < 1.29 is 36.2 Å². The van der Waals surface area contributed by atoms with Gasteiger partial charge < -0.3 is 29.5 Å². The zero-order valence-corrected chi connectivity index (χ0v) is 25.2. The lowest BCUT2D eigenvalue weighted by molar-refractivity contribution is -0.0199. The highest BCUT2D eigenvalue weighted by Crippen LogP contribution is 2.38. The summed E-state index contributed by atoms with van der Waals surface area (Å²) in [6.07, 6.45) is 0.543. The number of aromatic nitrogens is 1. The van der Waals surface area contributed by atoms with E-state index in [-0.39, 0.29) is 36.3 Å². The molecule has 1 spiro atoms. The molecule has 14 nitrogen and oxygen atoms in total. The Labute approximate surface area is 245 Å². The molecule has 1 aromatic heterocycles. The number of hydrogen-bond donors (Lipinski definition) is 4. The summed E-state index contributed by atoms with van der Waals surface area (Å²) in [5, 5.41) is 14.3. The lowest BCUT2D eigenvalue weighted by atomic mass is 9.88. The number of aliphatic hydroxyl groups excluding tert-OH is 1. The molecular formula is C26H37N5O9S2. The van der Waals surface area contributed by atoms with E-state index in [0.29, 0.717) is 25.3 Å². The van der Waals surface area contributed by atoms with E-state index in [2.05, 4.69) is 15.0 Å². The first-order valence-corrected chi connectivity index (χ1v) is 16.7. The number of aliphatic hydroxyl groups is 1.